The number of amides is 1. The molecule has 0 saturated heterocycles. The molecule has 6 nitrogen and oxygen atoms in total. The summed E-state index contributed by atoms with van der Waals surface area (Å²) in [5.41, 5.74) is 1.86. The minimum absolute atomic E-state index is 0.0938. The molecule has 0 heterocycles. The lowest BCUT2D eigenvalue weighted by Crippen LogP contribution is -2.38. The second kappa shape index (κ2) is 12.0. The molecular weight excluding hydrogens is 394 g/mol. The van der Waals surface area contributed by atoms with Gasteiger partial charge in [-0.1, -0.05) is 35.7 Å². The summed E-state index contributed by atoms with van der Waals surface area (Å²) in [7, 11) is 1.55. The Balaban J connectivity index is 1.72. The monoisotopic (exact) mass is 417 g/mol. The third kappa shape index (κ3) is 7.66. The molecule has 0 radical (unpaired) electrons. The van der Waals surface area contributed by atoms with Gasteiger partial charge in [0.05, 0.1) is 20.3 Å². The van der Waals surface area contributed by atoms with Crippen LogP contribution in [0.4, 0.5) is 0 Å². The van der Waals surface area contributed by atoms with E-state index >= 15 is 0 Å². The molecule has 7 heteroatoms. The number of aliphatic hydroxyl groups is 1. The molecule has 0 saturated carbocycles. The summed E-state index contributed by atoms with van der Waals surface area (Å²) in [5.74, 6) is 3.05. The van der Waals surface area contributed by atoms with Gasteiger partial charge in [0.2, 0.25) is 0 Å². The van der Waals surface area contributed by atoms with E-state index in [9.17, 15) is 9.90 Å². The number of ether oxygens (including phenoxy) is 3. The van der Waals surface area contributed by atoms with Gasteiger partial charge in [-0.25, -0.2) is 0 Å². The molecule has 2 N–H and O–H groups in total. The number of carbonyl (C=O) groups is 1. The van der Waals surface area contributed by atoms with Crippen LogP contribution in [0.25, 0.3) is 0 Å². The van der Waals surface area contributed by atoms with E-state index in [-0.39, 0.29) is 19.8 Å². The molecule has 0 aromatic heterocycles. The van der Waals surface area contributed by atoms with Gasteiger partial charge in [0, 0.05) is 11.6 Å². The minimum Gasteiger partial charge on any atom is -0.493 e. The lowest BCUT2D eigenvalue weighted by Gasteiger charge is -2.13. The number of methoxy groups -OCH3 is 1. The van der Waals surface area contributed by atoms with Crippen LogP contribution >= 0.6 is 11.6 Å². The predicted molar refractivity (Wildman–Crippen MR) is 111 cm³/mol. The highest BCUT2D eigenvalue weighted by atomic mass is 35.5. The standard InChI is InChI=1S/C22H24ClNO5/c1-3-12-29-20-9-6-16(13-21(20)27-2)10-11-24-22(26)19(25)15-28-14-17-4-7-18(23)8-5-17/h1,4-9,13,19,25H,10-12,14-15H2,2H3,(H,24,26)/t19-/m0/s1. The zero-order valence-electron chi connectivity index (χ0n) is 16.2. The summed E-state index contributed by atoms with van der Waals surface area (Å²) in [6, 6.07) is 12.6. The summed E-state index contributed by atoms with van der Waals surface area (Å²) in [6.45, 7) is 0.712. The fourth-order valence-corrected chi connectivity index (χ4v) is 2.62. The highest BCUT2D eigenvalue weighted by Gasteiger charge is 2.15. The van der Waals surface area contributed by atoms with Crippen molar-refractivity contribution in [3.05, 3.63) is 58.6 Å². The van der Waals surface area contributed by atoms with E-state index in [0.717, 1.165) is 11.1 Å². The lowest BCUT2D eigenvalue weighted by molar-refractivity contribution is -0.132. The van der Waals surface area contributed by atoms with Crippen LogP contribution in [0, 0.1) is 12.3 Å². The van der Waals surface area contributed by atoms with Gasteiger partial charge < -0.3 is 24.6 Å². The molecule has 154 valence electrons. The van der Waals surface area contributed by atoms with E-state index in [2.05, 4.69) is 11.2 Å². The Labute approximate surface area is 175 Å². The Hall–Kier alpha value is -2.72. The normalized spacial score (nSPS) is 11.4. The number of terminal acetylenes is 1. The first-order valence-corrected chi connectivity index (χ1v) is 9.42. The first-order chi connectivity index (χ1) is 14.0. The number of aliphatic hydroxyl groups excluding tert-OH is 1. The Bertz CT molecular complexity index is 832. The maximum atomic E-state index is 12.0. The number of hydrogen-bond acceptors (Lipinski definition) is 5. The molecular formula is C22H24ClNO5. The summed E-state index contributed by atoms with van der Waals surface area (Å²) in [4.78, 5) is 12.0. The van der Waals surface area contributed by atoms with Crippen LogP contribution in [0.2, 0.25) is 5.02 Å². The van der Waals surface area contributed by atoms with Gasteiger partial charge in [-0.05, 0) is 41.8 Å². The summed E-state index contributed by atoms with van der Waals surface area (Å²) >= 11 is 5.82. The van der Waals surface area contributed by atoms with Gasteiger partial charge in [-0.3, -0.25) is 4.79 Å². The van der Waals surface area contributed by atoms with Crippen LogP contribution in [-0.4, -0.2) is 44.0 Å². The van der Waals surface area contributed by atoms with Crippen molar-refractivity contribution in [1.82, 2.24) is 5.32 Å². The number of rotatable bonds is 11. The second-order valence-corrected chi connectivity index (χ2v) is 6.61. The number of carbonyl (C=O) groups excluding carboxylic acids is 1. The van der Waals surface area contributed by atoms with E-state index in [1.807, 2.05) is 24.3 Å². The number of nitrogens with one attached hydrogen (secondary N) is 1. The highest BCUT2D eigenvalue weighted by Crippen LogP contribution is 2.28. The van der Waals surface area contributed by atoms with E-state index in [1.54, 1.807) is 25.3 Å². The van der Waals surface area contributed by atoms with Crippen molar-refractivity contribution in [2.45, 2.75) is 19.1 Å². The average Bonchev–Trinajstić information content (AvgIpc) is 2.73. The van der Waals surface area contributed by atoms with E-state index in [1.165, 1.54) is 0 Å². The van der Waals surface area contributed by atoms with Crippen molar-refractivity contribution in [3.63, 3.8) is 0 Å². The zero-order chi connectivity index (χ0) is 21.1. The fourth-order valence-electron chi connectivity index (χ4n) is 2.50. The smallest absolute Gasteiger partial charge is 0.251 e. The number of halogens is 1. The molecule has 1 amide bonds. The van der Waals surface area contributed by atoms with Crippen LogP contribution in [-0.2, 0) is 22.6 Å². The zero-order valence-corrected chi connectivity index (χ0v) is 16.9. The molecule has 0 aliphatic rings. The molecule has 0 spiro atoms. The van der Waals surface area contributed by atoms with Crippen molar-refractivity contribution in [1.29, 1.82) is 0 Å². The van der Waals surface area contributed by atoms with Crippen LogP contribution in [0.3, 0.4) is 0 Å². The van der Waals surface area contributed by atoms with Crippen LogP contribution in [0.15, 0.2) is 42.5 Å². The molecule has 0 fully saturated rings. The molecule has 2 aromatic carbocycles. The van der Waals surface area contributed by atoms with Crippen molar-refractivity contribution < 1.29 is 24.1 Å². The van der Waals surface area contributed by atoms with Crippen molar-refractivity contribution >= 4 is 17.5 Å². The maximum Gasteiger partial charge on any atom is 0.251 e. The Kier molecular flexibility index (Phi) is 9.32. The predicted octanol–water partition coefficient (Wildman–Crippen LogP) is 2.60. The molecule has 29 heavy (non-hydrogen) atoms. The SMILES string of the molecule is C#CCOc1ccc(CCNC(=O)[C@@H](O)COCc2ccc(Cl)cc2)cc1OC. The van der Waals surface area contributed by atoms with E-state index in [4.69, 9.17) is 32.2 Å². The van der Waals surface area contributed by atoms with Gasteiger partial charge in [-0.2, -0.15) is 0 Å². The average molecular weight is 418 g/mol. The Morgan fingerprint density at radius 3 is 2.62 bits per heavy atom. The lowest BCUT2D eigenvalue weighted by atomic mass is 10.1. The fraction of sp³-hybridized carbons (Fsp3) is 0.318. The van der Waals surface area contributed by atoms with Crippen molar-refractivity contribution in [3.8, 4) is 23.8 Å². The van der Waals surface area contributed by atoms with Crippen molar-refractivity contribution in [2.24, 2.45) is 0 Å². The van der Waals surface area contributed by atoms with Crippen LogP contribution in [0.1, 0.15) is 11.1 Å². The summed E-state index contributed by atoms with van der Waals surface area (Å²) in [5, 5.41) is 13.3. The first kappa shape index (κ1) is 22.6. The highest BCUT2D eigenvalue weighted by molar-refractivity contribution is 6.30. The minimum atomic E-state index is -1.24. The quantitative estimate of drug-likeness (QED) is 0.549. The number of benzene rings is 2. The van der Waals surface area contributed by atoms with Gasteiger partial charge >= 0.3 is 0 Å². The summed E-state index contributed by atoms with van der Waals surface area (Å²) in [6.07, 6.45) is 4.52. The first-order valence-electron chi connectivity index (χ1n) is 9.04. The van der Waals surface area contributed by atoms with Crippen LogP contribution in [0.5, 0.6) is 11.5 Å². The third-order valence-corrected chi connectivity index (χ3v) is 4.26. The molecule has 2 rings (SSSR count). The maximum absolute atomic E-state index is 12.0. The molecule has 2 aromatic rings. The topological polar surface area (TPSA) is 77.0 Å². The second-order valence-electron chi connectivity index (χ2n) is 6.18. The molecule has 0 unspecified atom stereocenters. The summed E-state index contributed by atoms with van der Waals surface area (Å²) < 4.78 is 16.1. The Morgan fingerprint density at radius 2 is 1.93 bits per heavy atom. The molecule has 1 atom stereocenters. The van der Waals surface area contributed by atoms with E-state index < -0.39 is 12.0 Å². The van der Waals surface area contributed by atoms with E-state index in [0.29, 0.717) is 29.5 Å². The van der Waals surface area contributed by atoms with Gasteiger partial charge in [0.15, 0.2) is 17.6 Å². The van der Waals surface area contributed by atoms with Crippen molar-refractivity contribution in [2.75, 3.05) is 26.9 Å². The Morgan fingerprint density at radius 1 is 1.21 bits per heavy atom. The third-order valence-electron chi connectivity index (χ3n) is 4.01. The number of hydrogen-bond donors (Lipinski definition) is 2. The van der Waals surface area contributed by atoms with Gasteiger partial charge in [-0.15, -0.1) is 6.42 Å². The van der Waals surface area contributed by atoms with Crippen LogP contribution < -0.4 is 14.8 Å². The van der Waals surface area contributed by atoms with Gasteiger partial charge in [0.25, 0.3) is 5.91 Å². The molecule has 0 bridgehead atoms. The van der Waals surface area contributed by atoms with Gasteiger partial charge in [0.1, 0.15) is 6.61 Å². The largest absolute Gasteiger partial charge is 0.493 e. The molecule has 0 aliphatic carbocycles. The molecule has 0 aliphatic heterocycles.